The van der Waals surface area contributed by atoms with Crippen molar-refractivity contribution in [2.24, 2.45) is 0 Å². The molecule has 0 aliphatic carbocycles. The summed E-state index contributed by atoms with van der Waals surface area (Å²) in [6, 6.07) is 16.9. The summed E-state index contributed by atoms with van der Waals surface area (Å²) in [5, 5.41) is 2.85. The highest BCUT2D eigenvalue weighted by molar-refractivity contribution is 6.02. The standard InChI is InChI=1S/C22H18N4O2/c1-28-19-5-2-4-16(14-19)6-11-21(27)24-18-9-7-17(8-10-18)20-15-26-13-3-12-23-22(26)25-20/h2-15H,1H3,(H,24,27)/b11-6+. The van der Waals surface area contributed by atoms with E-state index in [4.69, 9.17) is 4.74 Å². The van der Waals surface area contributed by atoms with Crippen LogP contribution < -0.4 is 10.1 Å². The van der Waals surface area contributed by atoms with Gasteiger partial charge >= 0.3 is 0 Å². The molecule has 0 fully saturated rings. The van der Waals surface area contributed by atoms with Crippen LogP contribution in [-0.2, 0) is 4.79 Å². The lowest BCUT2D eigenvalue weighted by Crippen LogP contribution is -2.07. The second-order valence-corrected chi connectivity index (χ2v) is 6.13. The molecule has 0 aliphatic heterocycles. The molecule has 4 aromatic rings. The van der Waals surface area contributed by atoms with Crippen molar-refractivity contribution in [2.45, 2.75) is 0 Å². The van der Waals surface area contributed by atoms with Gasteiger partial charge in [-0.15, -0.1) is 0 Å². The van der Waals surface area contributed by atoms with Gasteiger partial charge in [-0.05, 0) is 42.0 Å². The first-order valence-corrected chi connectivity index (χ1v) is 8.74. The number of carbonyl (C=O) groups is 1. The van der Waals surface area contributed by atoms with Crippen molar-refractivity contribution in [3.05, 3.63) is 84.8 Å². The third-order valence-electron chi connectivity index (χ3n) is 4.20. The molecule has 0 saturated carbocycles. The van der Waals surface area contributed by atoms with Crippen LogP contribution in [0.3, 0.4) is 0 Å². The molecule has 0 unspecified atom stereocenters. The van der Waals surface area contributed by atoms with E-state index in [2.05, 4.69) is 15.3 Å². The summed E-state index contributed by atoms with van der Waals surface area (Å²) in [7, 11) is 1.61. The van der Waals surface area contributed by atoms with Crippen molar-refractivity contribution >= 4 is 23.4 Å². The van der Waals surface area contributed by atoms with Crippen LogP contribution in [-0.4, -0.2) is 27.4 Å². The summed E-state index contributed by atoms with van der Waals surface area (Å²) in [6.45, 7) is 0. The molecule has 28 heavy (non-hydrogen) atoms. The predicted octanol–water partition coefficient (Wildman–Crippen LogP) is 4.06. The molecule has 6 nitrogen and oxygen atoms in total. The van der Waals surface area contributed by atoms with E-state index in [1.807, 2.05) is 71.4 Å². The minimum Gasteiger partial charge on any atom is -0.497 e. The number of rotatable bonds is 5. The maximum atomic E-state index is 12.2. The molecule has 138 valence electrons. The number of ether oxygens (including phenoxy) is 1. The third kappa shape index (κ3) is 3.91. The zero-order valence-corrected chi connectivity index (χ0v) is 15.2. The molecule has 1 amide bonds. The van der Waals surface area contributed by atoms with E-state index in [0.717, 1.165) is 22.6 Å². The highest BCUT2D eigenvalue weighted by atomic mass is 16.5. The summed E-state index contributed by atoms with van der Waals surface area (Å²) < 4.78 is 7.05. The SMILES string of the molecule is COc1cccc(/C=C/C(=O)Nc2ccc(-c3cn4cccnc4n3)cc2)c1. The van der Waals surface area contributed by atoms with Gasteiger partial charge < -0.3 is 10.1 Å². The summed E-state index contributed by atoms with van der Waals surface area (Å²) in [5.74, 6) is 1.20. The number of methoxy groups -OCH3 is 1. The van der Waals surface area contributed by atoms with E-state index < -0.39 is 0 Å². The first-order valence-electron chi connectivity index (χ1n) is 8.74. The number of imidazole rings is 1. The fraction of sp³-hybridized carbons (Fsp3) is 0.0455. The minimum atomic E-state index is -0.201. The number of carbonyl (C=O) groups excluding carboxylic acids is 1. The molecule has 1 N–H and O–H groups in total. The molecule has 4 rings (SSSR count). The molecule has 6 heteroatoms. The average molecular weight is 370 g/mol. The molecule has 0 saturated heterocycles. The van der Waals surface area contributed by atoms with Crippen molar-refractivity contribution in [3.63, 3.8) is 0 Å². The Kier molecular flexibility index (Phi) is 4.84. The predicted molar refractivity (Wildman–Crippen MR) is 109 cm³/mol. The van der Waals surface area contributed by atoms with Gasteiger partial charge in [0, 0.05) is 35.9 Å². The van der Waals surface area contributed by atoms with Gasteiger partial charge in [0.05, 0.1) is 12.8 Å². The van der Waals surface area contributed by atoms with Crippen molar-refractivity contribution < 1.29 is 9.53 Å². The van der Waals surface area contributed by atoms with Crippen LogP contribution in [0.2, 0.25) is 0 Å². The van der Waals surface area contributed by atoms with Gasteiger partial charge in [-0.2, -0.15) is 0 Å². The molecule has 0 aliphatic rings. The van der Waals surface area contributed by atoms with Gasteiger partial charge in [0.2, 0.25) is 11.7 Å². The fourth-order valence-corrected chi connectivity index (χ4v) is 2.79. The monoisotopic (exact) mass is 370 g/mol. The minimum absolute atomic E-state index is 0.201. The lowest BCUT2D eigenvalue weighted by atomic mass is 10.1. The average Bonchev–Trinajstić information content (AvgIpc) is 3.17. The van der Waals surface area contributed by atoms with Crippen molar-refractivity contribution in [1.29, 1.82) is 0 Å². The normalized spacial score (nSPS) is 11.0. The summed E-state index contributed by atoms with van der Waals surface area (Å²) >= 11 is 0. The Balaban J connectivity index is 1.43. The maximum absolute atomic E-state index is 12.2. The molecule has 0 bridgehead atoms. The smallest absolute Gasteiger partial charge is 0.248 e. The molecule has 2 heterocycles. The topological polar surface area (TPSA) is 68.5 Å². The Morgan fingerprint density at radius 2 is 2.00 bits per heavy atom. The van der Waals surface area contributed by atoms with Crippen LogP contribution in [0.5, 0.6) is 5.75 Å². The van der Waals surface area contributed by atoms with Gasteiger partial charge in [0.1, 0.15) is 5.75 Å². The Morgan fingerprint density at radius 1 is 1.14 bits per heavy atom. The Labute approximate surface area is 162 Å². The molecular formula is C22H18N4O2. The maximum Gasteiger partial charge on any atom is 0.248 e. The second kappa shape index (κ2) is 7.75. The van der Waals surface area contributed by atoms with Gasteiger partial charge in [-0.1, -0.05) is 24.3 Å². The number of nitrogens with one attached hydrogen (secondary N) is 1. The van der Waals surface area contributed by atoms with Crippen LogP contribution >= 0.6 is 0 Å². The largest absolute Gasteiger partial charge is 0.497 e. The summed E-state index contributed by atoms with van der Waals surface area (Å²) in [4.78, 5) is 20.9. The number of aromatic nitrogens is 3. The molecule has 2 aromatic carbocycles. The summed E-state index contributed by atoms with van der Waals surface area (Å²) in [5.41, 5.74) is 3.39. The Morgan fingerprint density at radius 3 is 2.79 bits per heavy atom. The van der Waals surface area contributed by atoms with Gasteiger partial charge in [0.15, 0.2) is 0 Å². The van der Waals surface area contributed by atoms with Crippen LogP contribution in [0.1, 0.15) is 5.56 Å². The number of benzene rings is 2. The highest BCUT2D eigenvalue weighted by Crippen LogP contribution is 2.21. The molecule has 0 spiro atoms. The van der Waals surface area contributed by atoms with E-state index in [1.165, 1.54) is 6.08 Å². The van der Waals surface area contributed by atoms with E-state index >= 15 is 0 Å². The van der Waals surface area contributed by atoms with Gasteiger partial charge in [-0.25, -0.2) is 9.97 Å². The first-order chi connectivity index (χ1) is 13.7. The van der Waals surface area contributed by atoms with Crippen molar-refractivity contribution in [3.8, 4) is 17.0 Å². The first kappa shape index (κ1) is 17.5. The van der Waals surface area contributed by atoms with Crippen molar-refractivity contribution in [1.82, 2.24) is 14.4 Å². The molecule has 2 aromatic heterocycles. The van der Waals surface area contributed by atoms with E-state index in [1.54, 1.807) is 19.4 Å². The fourth-order valence-electron chi connectivity index (χ4n) is 2.79. The van der Waals surface area contributed by atoms with Gasteiger partial charge in [0.25, 0.3) is 0 Å². The number of hydrogen-bond acceptors (Lipinski definition) is 4. The third-order valence-corrected chi connectivity index (χ3v) is 4.20. The highest BCUT2D eigenvalue weighted by Gasteiger charge is 2.05. The van der Waals surface area contributed by atoms with Crippen LogP contribution in [0.4, 0.5) is 5.69 Å². The molecular weight excluding hydrogens is 352 g/mol. The van der Waals surface area contributed by atoms with E-state index in [-0.39, 0.29) is 5.91 Å². The Bertz CT molecular complexity index is 1110. The number of fused-ring (bicyclic) bond motifs is 1. The zero-order chi connectivity index (χ0) is 19.3. The molecule has 0 atom stereocenters. The van der Waals surface area contributed by atoms with Crippen molar-refractivity contribution in [2.75, 3.05) is 12.4 Å². The zero-order valence-electron chi connectivity index (χ0n) is 15.2. The van der Waals surface area contributed by atoms with Gasteiger partial charge in [-0.3, -0.25) is 9.20 Å². The van der Waals surface area contributed by atoms with Crippen LogP contribution in [0.25, 0.3) is 23.1 Å². The number of anilines is 1. The number of amides is 1. The van der Waals surface area contributed by atoms with Crippen LogP contribution in [0, 0.1) is 0 Å². The number of hydrogen-bond donors (Lipinski definition) is 1. The second-order valence-electron chi connectivity index (χ2n) is 6.13. The van der Waals surface area contributed by atoms with E-state index in [9.17, 15) is 4.79 Å². The van der Waals surface area contributed by atoms with Crippen LogP contribution in [0.15, 0.2) is 79.3 Å². The molecule has 0 radical (unpaired) electrons. The lowest BCUT2D eigenvalue weighted by Gasteiger charge is -2.03. The summed E-state index contributed by atoms with van der Waals surface area (Å²) in [6.07, 6.45) is 8.78. The number of nitrogens with zero attached hydrogens (tertiary/aromatic N) is 3. The van der Waals surface area contributed by atoms with E-state index in [0.29, 0.717) is 11.5 Å². The Hall–Kier alpha value is -3.93. The quantitative estimate of drug-likeness (QED) is 0.538. The lowest BCUT2D eigenvalue weighted by molar-refractivity contribution is -0.111.